The molecule has 0 amide bonds. The third-order valence-corrected chi connectivity index (χ3v) is 6.29. The molecule has 1 unspecified atom stereocenters. The number of nitrogens with zero attached hydrogens (tertiary/aromatic N) is 5. The monoisotopic (exact) mass is 466 g/mol. The first-order chi connectivity index (χ1) is 16.4. The van der Waals surface area contributed by atoms with Crippen LogP contribution in [0.5, 0.6) is 5.75 Å². The van der Waals surface area contributed by atoms with Crippen molar-refractivity contribution in [1.82, 2.24) is 14.9 Å². The number of aryl methyl sites for hydroxylation is 1. The number of anilines is 3. The molecule has 1 saturated heterocycles. The lowest BCUT2D eigenvalue weighted by atomic mass is 10.1. The Kier molecular flexibility index (Phi) is 7.21. The average molecular weight is 467 g/mol. The van der Waals surface area contributed by atoms with Gasteiger partial charge in [0.1, 0.15) is 22.8 Å². The maximum Gasteiger partial charge on any atom is 0.342 e. The van der Waals surface area contributed by atoms with Crippen LogP contribution < -0.4 is 20.3 Å². The summed E-state index contributed by atoms with van der Waals surface area (Å²) >= 11 is 0. The van der Waals surface area contributed by atoms with Crippen LogP contribution in [0.3, 0.4) is 0 Å². The Morgan fingerprint density at radius 2 is 1.85 bits per heavy atom. The molecule has 0 saturated carbocycles. The lowest BCUT2D eigenvalue weighted by Gasteiger charge is -2.38. The number of carbonyl (C=O) groups is 1. The maximum absolute atomic E-state index is 12.7. The van der Waals surface area contributed by atoms with Gasteiger partial charge in [-0.15, -0.1) is 0 Å². The van der Waals surface area contributed by atoms with Crippen molar-refractivity contribution in [3.8, 4) is 5.75 Å². The Balaban J connectivity index is 1.42. The van der Waals surface area contributed by atoms with Crippen molar-refractivity contribution in [3.63, 3.8) is 0 Å². The summed E-state index contributed by atoms with van der Waals surface area (Å²) in [5.74, 6) is 1.76. The predicted octanol–water partition coefficient (Wildman–Crippen LogP) is 2.86. The summed E-state index contributed by atoms with van der Waals surface area (Å²) in [6.07, 6.45) is 8.46. The first kappa shape index (κ1) is 23.8. The molecule has 182 valence electrons. The minimum absolute atomic E-state index is 0.173. The number of methoxy groups -OCH3 is 1. The number of hydrogen-bond acceptors (Lipinski definition) is 9. The molecule has 9 nitrogen and oxygen atoms in total. The number of pyridine rings is 2. The molecule has 1 atom stereocenters. The Labute approximate surface area is 201 Å². The van der Waals surface area contributed by atoms with Crippen molar-refractivity contribution in [2.75, 3.05) is 55.4 Å². The Morgan fingerprint density at radius 1 is 1.15 bits per heavy atom. The number of rotatable bonds is 7. The zero-order valence-electron chi connectivity index (χ0n) is 20.4. The van der Waals surface area contributed by atoms with Crippen molar-refractivity contribution in [2.24, 2.45) is 0 Å². The molecule has 9 heteroatoms. The first-order valence-corrected chi connectivity index (χ1v) is 11.8. The van der Waals surface area contributed by atoms with Crippen LogP contribution in [0.15, 0.2) is 36.8 Å². The van der Waals surface area contributed by atoms with E-state index in [1.54, 1.807) is 25.6 Å². The van der Waals surface area contributed by atoms with Crippen molar-refractivity contribution in [2.45, 2.75) is 39.3 Å². The van der Waals surface area contributed by atoms with E-state index in [2.05, 4.69) is 36.9 Å². The predicted molar refractivity (Wildman–Crippen MR) is 133 cm³/mol. The molecule has 2 N–H and O–H groups in total. The van der Waals surface area contributed by atoms with Gasteiger partial charge in [-0.25, -0.2) is 14.8 Å². The molecule has 2 aromatic rings. The van der Waals surface area contributed by atoms with E-state index in [0.29, 0.717) is 22.8 Å². The van der Waals surface area contributed by atoms with E-state index < -0.39 is 0 Å². The molecule has 0 aromatic carbocycles. The third kappa shape index (κ3) is 4.94. The Hall–Kier alpha value is -3.33. The highest BCUT2D eigenvalue weighted by Gasteiger charge is 2.30. The summed E-state index contributed by atoms with van der Waals surface area (Å²) < 4.78 is 10.9. The normalized spacial score (nSPS) is 18.6. The fourth-order valence-corrected chi connectivity index (χ4v) is 4.55. The minimum atomic E-state index is -0.311. The van der Waals surface area contributed by atoms with Crippen LogP contribution in [-0.2, 0) is 4.74 Å². The highest BCUT2D eigenvalue weighted by molar-refractivity contribution is 5.96. The molecular formula is C25H34N6O3. The smallest absolute Gasteiger partial charge is 0.342 e. The molecule has 0 bridgehead atoms. The van der Waals surface area contributed by atoms with Crippen LogP contribution in [0.4, 0.5) is 17.3 Å². The molecule has 1 fully saturated rings. The maximum atomic E-state index is 12.7. The summed E-state index contributed by atoms with van der Waals surface area (Å²) in [4.78, 5) is 28.6. The molecule has 2 aliphatic rings. The highest BCUT2D eigenvalue weighted by atomic mass is 16.5. The summed E-state index contributed by atoms with van der Waals surface area (Å²) in [5, 5.41) is 0. The van der Waals surface area contributed by atoms with E-state index in [0.717, 1.165) is 50.5 Å². The van der Waals surface area contributed by atoms with E-state index in [4.69, 9.17) is 15.2 Å². The fraction of sp³-hybridized carbons (Fsp3) is 0.480. The molecule has 34 heavy (non-hydrogen) atoms. The van der Waals surface area contributed by atoms with Crippen LogP contribution in [0.2, 0.25) is 0 Å². The number of hydrogen-bond donors (Lipinski definition) is 1. The van der Waals surface area contributed by atoms with Crippen LogP contribution in [-0.4, -0.2) is 72.8 Å². The lowest BCUT2D eigenvalue weighted by Crippen LogP contribution is -2.51. The van der Waals surface area contributed by atoms with Crippen molar-refractivity contribution >= 4 is 23.3 Å². The standard InChI is InChI=1S/C25H34N6O3/c1-17(2)34-25(32)21-18(3)7-9-27-23(21)30-14-12-29(13-15-30)16-19-6-5-11-31(19)24-22(26)20(33-4)8-10-28-24/h5,7-11,17,19H,6,12-16,26H2,1-4H3. The van der Waals surface area contributed by atoms with Crippen molar-refractivity contribution in [3.05, 3.63) is 47.9 Å². The number of aromatic nitrogens is 2. The molecule has 2 aromatic heterocycles. The molecule has 0 spiro atoms. The van der Waals surface area contributed by atoms with E-state index in [1.807, 2.05) is 26.8 Å². The zero-order valence-corrected chi connectivity index (χ0v) is 20.4. The van der Waals surface area contributed by atoms with Gasteiger partial charge < -0.3 is 25.0 Å². The van der Waals surface area contributed by atoms with E-state index in [1.165, 1.54) is 0 Å². The van der Waals surface area contributed by atoms with Gasteiger partial charge in [-0.05, 0) is 38.8 Å². The van der Waals surface area contributed by atoms with Gasteiger partial charge in [0.2, 0.25) is 0 Å². The number of esters is 1. The van der Waals surface area contributed by atoms with Gasteiger partial charge in [-0.1, -0.05) is 6.08 Å². The molecule has 0 aliphatic carbocycles. The summed E-state index contributed by atoms with van der Waals surface area (Å²) in [7, 11) is 1.61. The second kappa shape index (κ2) is 10.3. The molecule has 2 aliphatic heterocycles. The van der Waals surface area contributed by atoms with Gasteiger partial charge in [0.25, 0.3) is 0 Å². The van der Waals surface area contributed by atoms with Crippen LogP contribution in [0.1, 0.15) is 36.2 Å². The van der Waals surface area contributed by atoms with Crippen LogP contribution >= 0.6 is 0 Å². The van der Waals surface area contributed by atoms with E-state index in [9.17, 15) is 4.79 Å². The minimum Gasteiger partial charge on any atom is -0.494 e. The SMILES string of the molecule is COc1ccnc(N2C=CCC2CN2CCN(c3nccc(C)c3C(=O)OC(C)C)CC2)c1N. The van der Waals surface area contributed by atoms with Crippen LogP contribution in [0.25, 0.3) is 0 Å². The Morgan fingerprint density at radius 3 is 2.56 bits per heavy atom. The summed E-state index contributed by atoms with van der Waals surface area (Å²) in [6.45, 7) is 9.87. The first-order valence-electron chi connectivity index (χ1n) is 11.8. The van der Waals surface area contributed by atoms with E-state index >= 15 is 0 Å². The lowest BCUT2D eigenvalue weighted by molar-refractivity contribution is 0.0377. The second-order valence-corrected chi connectivity index (χ2v) is 9.00. The highest BCUT2D eigenvalue weighted by Crippen LogP contribution is 2.34. The van der Waals surface area contributed by atoms with E-state index in [-0.39, 0.29) is 18.1 Å². The van der Waals surface area contributed by atoms with Gasteiger partial charge in [0.15, 0.2) is 5.82 Å². The van der Waals surface area contributed by atoms with Crippen LogP contribution in [0, 0.1) is 6.92 Å². The molecule has 4 heterocycles. The van der Waals surface area contributed by atoms with Crippen molar-refractivity contribution in [1.29, 1.82) is 0 Å². The fourth-order valence-electron chi connectivity index (χ4n) is 4.55. The third-order valence-electron chi connectivity index (χ3n) is 6.29. The zero-order chi connectivity index (χ0) is 24.2. The number of carbonyl (C=O) groups excluding carboxylic acids is 1. The van der Waals surface area contributed by atoms with Crippen molar-refractivity contribution < 1.29 is 14.3 Å². The number of ether oxygens (including phenoxy) is 2. The number of piperazine rings is 1. The Bertz CT molecular complexity index is 1050. The molecule has 0 radical (unpaired) electrons. The van der Waals surface area contributed by atoms with Gasteiger partial charge in [-0.2, -0.15) is 0 Å². The largest absolute Gasteiger partial charge is 0.494 e. The number of nitrogen functional groups attached to an aromatic ring is 1. The van der Waals surface area contributed by atoms with Gasteiger partial charge >= 0.3 is 5.97 Å². The van der Waals surface area contributed by atoms with Gasteiger partial charge in [0, 0.05) is 57.4 Å². The average Bonchev–Trinajstić information content (AvgIpc) is 3.27. The molecule has 4 rings (SSSR count). The van der Waals surface area contributed by atoms with Gasteiger partial charge in [0.05, 0.1) is 19.3 Å². The second-order valence-electron chi connectivity index (χ2n) is 9.00. The topological polar surface area (TPSA) is 97.0 Å². The van der Waals surface area contributed by atoms with Gasteiger partial charge in [-0.3, -0.25) is 4.90 Å². The summed E-state index contributed by atoms with van der Waals surface area (Å²) in [5.41, 5.74) is 8.31. The quantitative estimate of drug-likeness (QED) is 0.618. The molecular weight excluding hydrogens is 432 g/mol. The number of nitrogens with two attached hydrogens (primary N) is 1. The summed E-state index contributed by atoms with van der Waals surface area (Å²) in [6, 6.07) is 3.88.